The summed E-state index contributed by atoms with van der Waals surface area (Å²) >= 11 is 6.08. The number of nitrogens with zero attached hydrogens (tertiary/aromatic N) is 3. The van der Waals surface area contributed by atoms with Crippen LogP contribution >= 0.6 is 11.6 Å². The molecular weight excluding hydrogens is 330 g/mol. The van der Waals surface area contributed by atoms with Crippen LogP contribution in [0, 0.1) is 5.92 Å². The molecule has 1 aromatic carbocycles. The Bertz CT molecular complexity index is 696. The van der Waals surface area contributed by atoms with Crippen molar-refractivity contribution in [1.82, 2.24) is 14.5 Å². The van der Waals surface area contributed by atoms with Crippen LogP contribution in [0.3, 0.4) is 0 Å². The first kappa shape index (κ1) is 17.1. The molecule has 2 aromatic rings. The van der Waals surface area contributed by atoms with E-state index in [1.807, 2.05) is 12.1 Å². The number of hydrogen-bond acceptors (Lipinski definition) is 2. The lowest BCUT2D eigenvalue weighted by Crippen LogP contribution is -2.20. The van der Waals surface area contributed by atoms with Gasteiger partial charge >= 0.3 is 0 Å². The minimum Gasteiger partial charge on any atom is -0.303 e. The molecule has 0 saturated heterocycles. The largest absolute Gasteiger partial charge is 0.303 e. The number of benzene rings is 1. The predicted octanol–water partition coefficient (Wildman–Crippen LogP) is 5.42. The van der Waals surface area contributed by atoms with Crippen LogP contribution in [0.1, 0.15) is 62.4 Å². The molecule has 0 N–H and O–H groups in total. The Kier molecular flexibility index (Phi) is 5.14. The molecule has 0 atom stereocenters. The summed E-state index contributed by atoms with van der Waals surface area (Å²) in [7, 11) is 2.22. The van der Waals surface area contributed by atoms with E-state index in [1.54, 1.807) is 0 Å². The summed E-state index contributed by atoms with van der Waals surface area (Å²) in [6.45, 7) is 2.14. The third-order valence-corrected chi connectivity index (χ3v) is 5.81. The molecule has 3 nitrogen and oxygen atoms in total. The fourth-order valence-corrected chi connectivity index (χ4v) is 4.19. The highest BCUT2D eigenvalue weighted by Gasteiger charge is 2.25. The Morgan fingerprint density at radius 3 is 2.48 bits per heavy atom. The number of hydrogen-bond donors (Lipinski definition) is 0. The maximum Gasteiger partial charge on any atom is 0.116 e. The molecule has 134 valence electrons. The number of rotatable bonds is 6. The van der Waals surface area contributed by atoms with Crippen molar-refractivity contribution in [3.8, 4) is 5.69 Å². The molecule has 2 saturated carbocycles. The van der Waals surface area contributed by atoms with Crippen molar-refractivity contribution < 1.29 is 0 Å². The highest BCUT2D eigenvalue weighted by molar-refractivity contribution is 6.30. The Balaban J connectivity index is 1.60. The van der Waals surface area contributed by atoms with Crippen molar-refractivity contribution in [1.29, 1.82) is 0 Å². The Morgan fingerprint density at radius 2 is 1.80 bits per heavy atom. The Hall–Kier alpha value is -1.32. The van der Waals surface area contributed by atoms with E-state index in [9.17, 15) is 0 Å². The summed E-state index contributed by atoms with van der Waals surface area (Å²) in [5, 5.41) is 0.785. The lowest BCUT2D eigenvalue weighted by Gasteiger charge is -2.22. The van der Waals surface area contributed by atoms with Crippen LogP contribution in [0.2, 0.25) is 5.02 Å². The maximum absolute atomic E-state index is 6.08. The standard InChI is InChI=1S/C21H28ClN3/c1-24(13-16-7-8-16)14-19-15-25(20-11-9-18(22)10-12-20)21(23-19)17-5-3-2-4-6-17/h9-12,15-17H,2-8,13-14H2,1H3. The van der Waals surface area contributed by atoms with Gasteiger partial charge in [-0.25, -0.2) is 4.98 Å². The SMILES string of the molecule is CN(Cc1cn(-c2ccc(Cl)cc2)c(C2CCCCC2)n1)CC1CC1. The molecule has 2 aliphatic carbocycles. The zero-order chi connectivity index (χ0) is 17.2. The monoisotopic (exact) mass is 357 g/mol. The van der Waals surface area contributed by atoms with E-state index in [0.29, 0.717) is 5.92 Å². The van der Waals surface area contributed by atoms with Crippen LogP contribution in [-0.2, 0) is 6.54 Å². The lowest BCUT2D eigenvalue weighted by atomic mass is 9.88. The van der Waals surface area contributed by atoms with Gasteiger partial charge < -0.3 is 9.47 Å². The molecule has 25 heavy (non-hydrogen) atoms. The Morgan fingerprint density at radius 1 is 1.08 bits per heavy atom. The van der Waals surface area contributed by atoms with Crippen LogP contribution in [-0.4, -0.2) is 28.0 Å². The maximum atomic E-state index is 6.08. The van der Waals surface area contributed by atoms with Crippen LogP contribution in [0.25, 0.3) is 5.69 Å². The van der Waals surface area contributed by atoms with E-state index in [2.05, 4.69) is 34.8 Å². The average Bonchev–Trinajstić information content (AvgIpc) is 3.33. The normalized spacial score (nSPS) is 18.8. The van der Waals surface area contributed by atoms with Crippen LogP contribution in [0.4, 0.5) is 0 Å². The summed E-state index contributed by atoms with van der Waals surface area (Å²) in [4.78, 5) is 7.52. The van der Waals surface area contributed by atoms with Crippen LogP contribution in [0.5, 0.6) is 0 Å². The van der Waals surface area contributed by atoms with Crippen molar-refractivity contribution in [2.24, 2.45) is 5.92 Å². The van der Waals surface area contributed by atoms with Crippen LogP contribution in [0.15, 0.2) is 30.5 Å². The number of halogens is 1. The fraction of sp³-hybridized carbons (Fsp3) is 0.571. The van der Waals surface area contributed by atoms with Crippen molar-refractivity contribution in [3.05, 3.63) is 47.0 Å². The molecule has 4 heteroatoms. The van der Waals surface area contributed by atoms with Gasteiger partial charge in [-0.2, -0.15) is 0 Å². The smallest absolute Gasteiger partial charge is 0.116 e. The van der Waals surface area contributed by atoms with Crippen molar-refractivity contribution >= 4 is 11.6 Å². The second kappa shape index (κ2) is 7.51. The van der Waals surface area contributed by atoms with Gasteiger partial charge in [0.05, 0.1) is 5.69 Å². The summed E-state index contributed by atoms with van der Waals surface area (Å²) in [6, 6.07) is 8.16. The van der Waals surface area contributed by atoms with Gasteiger partial charge in [0, 0.05) is 35.9 Å². The van der Waals surface area contributed by atoms with Gasteiger partial charge in [0.25, 0.3) is 0 Å². The molecule has 1 heterocycles. The minimum atomic E-state index is 0.590. The van der Waals surface area contributed by atoms with E-state index in [1.165, 1.54) is 68.7 Å². The second-order valence-electron chi connectivity index (χ2n) is 7.91. The van der Waals surface area contributed by atoms with Crippen molar-refractivity contribution in [3.63, 3.8) is 0 Å². The van der Waals surface area contributed by atoms with E-state index < -0.39 is 0 Å². The van der Waals surface area contributed by atoms with E-state index in [0.717, 1.165) is 17.5 Å². The Labute approximate surface area is 156 Å². The summed E-state index contributed by atoms with van der Waals surface area (Å²) < 4.78 is 2.31. The van der Waals surface area contributed by atoms with Gasteiger partial charge in [-0.1, -0.05) is 30.9 Å². The number of imidazole rings is 1. The molecule has 2 aliphatic rings. The molecule has 0 radical (unpaired) electrons. The van der Waals surface area contributed by atoms with Gasteiger partial charge in [0.1, 0.15) is 5.82 Å². The molecule has 0 spiro atoms. The van der Waals surface area contributed by atoms with Gasteiger partial charge in [-0.15, -0.1) is 0 Å². The average molecular weight is 358 g/mol. The summed E-state index contributed by atoms with van der Waals surface area (Å²) in [6.07, 6.45) is 11.6. The van der Waals surface area contributed by atoms with Gasteiger partial charge in [0.15, 0.2) is 0 Å². The van der Waals surface area contributed by atoms with Crippen LogP contribution < -0.4 is 0 Å². The summed E-state index contributed by atoms with van der Waals surface area (Å²) in [5.74, 6) is 2.75. The van der Waals surface area contributed by atoms with Gasteiger partial charge in [0.2, 0.25) is 0 Å². The zero-order valence-electron chi connectivity index (χ0n) is 15.1. The first-order valence-corrected chi connectivity index (χ1v) is 10.1. The first-order chi connectivity index (χ1) is 12.2. The van der Waals surface area contributed by atoms with Gasteiger partial charge in [-0.05, 0) is 62.9 Å². The van der Waals surface area contributed by atoms with E-state index >= 15 is 0 Å². The van der Waals surface area contributed by atoms with Gasteiger partial charge in [-0.3, -0.25) is 0 Å². The number of aromatic nitrogens is 2. The third kappa shape index (κ3) is 4.27. The highest BCUT2D eigenvalue weighted by Crippen LogP contribution is 2.34. The predicted molar refractivity (Wildman–Crippen MR) is 103 cm³/mol. The molecule has 0 unspecified atom stereocenters. The topological polar surface area (TPSA) is 21.1 Å². The molecule has 0 amide bonds. The first-order valence-electron chi connectivity index (χ1n) is 9.71. The fourth-order valence-electron chi connectivity index (χ4n) is 4.06. The third-order valence-electron chi connectivity index (χ3n) is 5.56. The molecular formula is C21H28ClN3. The molecule has 2 fully saturated rings. The molecule has 0 bridgehead atoms. The lowest BCUT2D eigenvalue weighted by molar-refractivity contribution is 0.309. The molecule has 0 aliphatic heterocycles. The molecule has 4 rings (SSSR count). The molecule has 1 aromatic heterocycles. The van der Waals surface area contributed by atoms with E-state index in [-0.39, 0.29) is 0 Å². The van der Waals surface area contributed by atoms with Crippen molar-refractivity contribution in [2.75, 3.05) is 13.6 Å². The second-order valence-corrected chi connectivity index (χ2v) is 8.35. The minimum absolute atomic E-state index is 0.590. The highest BCUT2D eigenvalue weighted by atomic mass is 35.5. The summed E-state index contributed by atoms with van der Waals surface area (Å²) in [5.41, 5.74) is 2.37. The van der Waals surface area contributed by atoms with Crippen molar-refractivity contribution in [2.45, 2.75) is 57.4 Å². The zero-order valence-corrected chi connectivity index (χ0v) is 15.9. The quantitative estimate of drug-likeness (QED) is 0.688. The van der Waals surface area contributed by atoms with E-state index in [4.69, 9.17) is 16.6 Å².